The first-order valence-corrected chi connectivity index (χ1v) is 6.59. The molecular formula is C14H11N3OS. The molecule has 0 saturated carbocycles. The predicted molar refractivity (Wildman–Crippen MR) is 78.0 cm³/mol. The van der Waals surface area contributed by atoms with Crippen molar-refractivity contribution in [2.75, 3.05) is 0 Å². The van der Waals surface area contributed by atoms with Crippen LogP contribution < -0.4 is 4.87 Å². The lowest BCUT2D eigenvalue weighted by atomic mass is 10.2. The van der Waals surface area contributed by atoms with E-state index in [1.165, 1.54) is 17.7 Å². The van der Waals surface area contributed by atoms with Crippen LogP contribution in [0.2, 0.25) is 0 Å². The summed E-state index contributed by atoms with van der Waals surface area (Å²) in [6, 6.07) is 7.81. The molecule has 0 spiro atoms. The van der Waals surface area contributed by atoms with Gasteiger partial charge in [-0.1, -0.05) is 23.5 Å². The molecule has 0 saturated heterocycles. The molecule has 2 heterocycles. The fourth-order valence-corrected chi connectivity index (χ4v) is 2.76. The Morgan fingerprint density at radius 1 is 1.26 bits per heavy atom. The average Bonchev–Trinajstić information content (AvgIpc) is 2.73. The zero-order valence-electron chi connectivity index (χ0n) is 10.3. The minimum Gasteiger partial charge on any atom is -0.302 e. The summed E-state index contributed by atoms with van der Waals surface area (Å²) in [7, 11) is 1.79. The summed E-state index contributed by atoms with van der Waals surface area (Å²) in [6.45, 7) is 0. The number of fused-ring (bicyclic) bond motifs is 1. The predicted octanol–water partition coefficient (Wildman–Crippen LogP) is 2.56. The van der Waals surface area contributed by atoms with Crippen molar-refractivity contribution >= 4 is 33.7 Å². The highest BCUT2D eigenvalue weighted by molar-refractivity contribution is 7.16. The zero-order chi connectivity index (χ0) is 13.2. The highest BCUT2D eigenvalue weighted by Gasteiger charge is 2.03. The molecule has 0 aliphatic rings. The van der Waals surface area contributed by atoms with Crippen LogP contribution in [-0.2, 0) is 7.05 Å². The summed E-state index contributed by atoms with van der Waals surface area (Å²) < 4.78 is 2.66. The van der Waals surface area contributed by atoms with Gasteiger partial charge >= 0.3 is 4.87 Å². The number of hydrogen-bond acceptors (Lipinski definition) is 4. The first-order chi connectivity index (χ1) is 9.24. The molecule has 0 N–H and O–H groups in total. The van der Waals surface area contributed by atoms with Crippen LogP contribution in [0.3, 0.4) is 0 Å². The van der Waals surface area contributed by atoms with E-state index in [-0.39, 0.29) is 4.87 Å². The normalized spacial score (nSPS) is 11.4. The van der Waals surface area contributed by atoms with Gasteiger partial charge in [-0.05, 0) is 29.8 Å². The zero-order valence-corrected chi connectivity index (χ0v) is 11.1. The summed E-state index contributed by atoms with van der Waals surface area (Å²) in [5.74, 6) is 0. The Hall–Kier alpha value is -2.27. The molecule has 3 aromatic rings. The molecule has 0 radical (unpaired) electrons. The minimum atomic E-state index is 0.0620. The Morgan fingerprint density at radius 3 is 2.95 bits per heavy atom. The topological polar surface area (TPSA) is 47.8 Å². The number of benzene rings is 1. The molecular weight excluding hydrogens is 258 g/mol. The Bertz CT molecular complexity index is 802. The molecule has 4 nitrogen and oxygen atoms in total. The van der Waals surface area contributed by atoms with Crippen molar-refractivity contribution in [3.63, 3.8) is 0 Å². The van der Waals surface area contributed by atoms with Crippen LogP contribution in [0.4, 0.5) is 0 Å². The van der Waals surface area contributed by atoms with Crippen LogP contribution in [0.5, 0.6) is 0 Å². The molecule has 94 valence electrons. The first kappa shape index (κ1) is 11.8. The van der Waals surface area contributed by atoms with Gasteiger partial charge in [0.25, 0.3) is 0 Å². The van der Waals surface area contributed by atoms with Crippen molar-refractivity contribution in [1.29, 1.82) is 0 Å². The standard InChI is InChI=1S/C14H11N3OS/c1-17-12-5-3-10(8-13(12)19-14(17)18)2-4-11-6-7-15-9-16-11/h2-9H,1H3/b4-2+. The van der Waals surface area contributed by atoms with E-state index in [2.05, 4.69) is 9.97 Å². The lowest BCUT2D eigenvalue weighted by Crippen LogP contribution is -2.06. The maximum Gasteiger partial charge on any atom is 0.307 e. The van der Waals surface area contributed by atoms with Crippen molar-refractivity contribution in [2.24, 2.45) is 7.05 Å². The Kier molecular flexibility index (Phi) is 2.97. The highest BCUT2D eigenvalue weighted by Crippen LogP contribution is 2.19. The quantitative estimate of drug-likeness (QED) is 0.718. The summed E-state index contributed by atoms with van der Waals surface area (Å²) in [4.78, 5) is 19.6. The van der Waals surface area contributed by atoms with Crippen LogP contribution in [0, 0.1) is 0 Å². The van der Waals surface area contributed by atoms with Gasteiger partial charge in [-0.2, -0.15) is 0 Å². The fraction of sp³-hybridized carbons (Fsp3) is 0.0714. The SMILES string of the molecule is Cn1c(=O)sc2cc(/C=C/c3ccncn3)ccc21. The molecule has 0 bridgehead atoms. The van der Waals surface area contributed by atoms with Crippen molar-refractivity contribution in [1.82, 2.24) is 14.5 Å². The van der Waals surface area contributed by atoms with Gasteiger partial charge in [-0.15, -0.1) is 0 Å². The van der Waals surface area contributed by atoms with E-state index in [9.17, 15) is 4.79 Å². The van der Waals surface area contributed by atoms with E-state index in [1.807, 2.05) is 36.4 Å². The fourth-order valence-electron chi connectivity index (χ4n) is 1.84. The van der Waals surface area contributed by atoms with E-state index >= 15 is 0 Å². The molecule has 0 aliphatic heterocycles. The molecule has 0 aliphatic carbocycles. The maximum absolute atomic E-state index is 11.6. The second-order valence-corrected chi connectivity index (χ2v) is 5.11. The van der Waals surface area contributed by atoms with Crippen molar-refractivity contribution in [3.05, 3.63) is 57.7 Å². The van der Waals surface area contributed by atoms with Crippen LogP contribution in [0.25, 0.3) is 22.4 Å². The first-order valence-electron chi connectivity index (χ1n) is 5.78. The third-order valence-corrected chi connectivity index (χ3v) is 3.86. The molecule has 0 amide bonds. The summed E-state index contributed by atoms with van der Waals surface area (Å²) in [6.07, 6.45) is 7.13. The Morgan fingerprint density at radius 2 is 2.16 bits per heavy atom. The Balaban J connectivity index is 1.98. The van der Waals surface area contributed by atoms with Crippen molar-refractivity contribution in [3.8, 4) is 0 Å². The molecule has 1 aromatic carbocycles. The number of rotatable bonds is 2. The van der Waals surface area contributed by atoms with E-state index in [0.29, 0.717) is 0 Å². The molecule has 3 rings (SSSR count). The number of hydrogen-bond donors (Lipinski definition) is 0. The minimum absolute atomic E-state index is 0.0620. The third kappa shape index (κ3) is 2.32. The van der Waals surface area contributed by atoms with Crippen LogP contribution >= 0.6 is 11.3 Å². The number of thiazole rings is 1. The lowest BCUT2D eigenvalue weighted by Gasteiger charge is -1.96. The van der Waals surface area contributed by atoms with Gasteiger partial charge in [0.05, 0.1) is 15.9 Å². The average molecular weight is 269 g/mol. The molecule has 19 heavy (non-hydrogen) atoms. The third-order valence-electron chi connectivity index (χ3n) is 2.87. The Labute approximate surface area is 113 Å². The maximum atomic E-state index is 11.6. The van der Waals surface area contributed by atoms with E-state index < -0.39 is 0 Å². The summed E-state index contributed by atoms with van der Waals surface area (Å²) >= 11 is 1.26. The van der Waals surface area contributed by atoms with Crippen LogP contribution in [0.1, 0.15) is 11.3 Å². The lowest BCUT2D eigenvalue weighted by molar-refractivity contribution is 0.939. The smallest absolute Gasteiger partial charge is 0.302 e. The number of aromatic nitrogens is 3. The second kappa shape index (κ2) is 4.78. The van der Waals surface area contributed by atoms with Gasteiger partial charge in [0.2, 0.25) is 0 Å². The largest absolute Gasteiger partial charge is 0.307 e. The molecule has 2 aromatic heterocycles. The second-order valence-electron chi connectivity index (χ2n) is 4.12. The van der Waals surface area contributed by atoms with E-state index in [0.717, 1.165) is 21.5 Å². The van der Waals surface area contributed by atoms with Gasteiger partial charge < -0.3 is 4.57 Å². The van der Waals surface area contributed by atoms with Crippen LogP contribution in [0.15, 0.2) is 41.6 Å². The summed E-state index contributed by atoms with van der Waals surface area (Å²) in [5.41, 5.74) is 2.87. The van der Waals surface area contributed by atoms with Gasteiger partial charge in [-0.3, -0.25) is 4.79 Å². The highest BCUT2D eigenvalue weighted by atomic mass is 32.1. The number of nitrogens with zero attached hydrogens (tertiary/aromatic N) is 3. The monoisotopic (exact) mass is 269 g/mol. The van der Waals surface area contributed by atoms with Crippen molar-refractivity contribution < 1.29 is 0 Å². The van der Waals surface area contributed by atoms with Crippen molar-refractivity contribution in [2.45, 2.75) is 0 Å². The van der Waals surface area contributed by atoms with E-state index in [1.54, 1.807) is 17.8 Å². The van der Waals surface area contributed by atoms with Gasteiger partial charge in [0.15, 0.2) is 0 Å². The molecule has 0 fully saturated rings. The van der Waals surface area contributed by atoms with Gasteiger partial charge in [-0.25, -0.2) is 9.97 Å². The van der Waals surface area contributed by atoms with Gasteiger partial charge in [0, 0.05) is 13.2 Å². The van der Waals surface area contributed by atoms with Gasteiger partial charge in [0.1, 0.15) is 6.33 Å². The molecule has 0 atom stereocenters. The van der Waals surface area contributed by atoms with E-state index in [4.69, 9.17) is 0 Å². The molecule has 5 heteroatoms. The van der Waals surface area contributed by atoms with Crippen LogP contribution in [-0.4, -0.2) is 14.5 Å². The molecule has 0 unspecified atom stereocenters. The summed E-state index contributed by atoms with van der Waals surface area (Å²) in [5, 5.41) is 0. The number of aryl methyl sites for hydroxylation is 1.